The zero-order valence-electron chi connectivity index (χ0n) is 10.5. The number of hydrogen-bond acceptors (Lipinski definition) is 5. The highest BCUT2D eigenvalue weighted by Crippen LogP contribution is 2.07. The van der Waals surface area contributed by atoms with Gasteiger partial charge in [0.2, 0.25) is 5.71 Å². The Bertz CT molecular complexity index is 450. The summed E-state index contributed by atoms with van der Waals surface area (Å²) in [5.74, 6) is -0.259. The normalized spacial score (nSPS) is 12.9. The first-order valence-corrected chi connectivity index (χ1v) is 5.96. The monoisotopic (exact) mass is 270 g/mol. The van der Waals surface area contributed by atoms with Gasteiger partial charge in [0, 0.05) is 5.92 Å². The lowest BCUT2D eigenvalue weighted by molar-refractivity contribution is -0.135. The van der Waals surface area contributed by atoms with E-state index in [1.165, 1.54) is 6.26 Å². The fourth-order valence-electron chi connectivity index (χ4n) is 1.02. The summed E-state index contributed by atoms with van der Waals surface area (Å²) in [6.07, 6.45) is 1.44. The van der Waals surface area contributed by atoms with Gasteiger partial charge in [-0.15, -0.1) is 10.2 Å². The smallest absolute Gasteiger partial charge is 0.362 e. The molecule has 6 heteroatoms. The third kappa shape index (κ3) is 4.00. The van der Waals surface area contributed by atoms with Crippen molar-refractivity contribution in [3.63, 3.8) is 0 Å². The first-order valence-electron chi connectivity index (χ1n) is 5.58. The number of furan rings is 1. The lowest BCUT2D eigenvalue weighted by atomic mass is 10.2. The van der Waals surface area contributed by atoms with Gasteiger partial charge in [-0.05, 0) is 19.1 Å². The van der Waals surface area contributed by atoms with Crippen LogP contribution in [0.4, 0.5) is 0 Å². The van der Waals surface area contributed by atoms with Crippen LogP contribution < -0.4 is 0 Å². The molecule has 18 heavy (non-hydrogen) atoms. The van der Waals surface area contributed by atoms with E-state index in [0.717, 1.165) is 0 Å². The predicted octanol–water partition coefficient (Wildman–Crippen LogP) is 2.84. The number of carbonyl (C=O) groups excluding carboxylic acids is 1. The molecule has 0 radical (unpaired) electrons. The largest absolute Gasteiger partial charge is 0.462 e. The summed E-state index contributed by atoms with van der Waals surface area (Å²) in [6.45, 7) is 5.71. The summed E-state index contributed by atoms with van der Waals surface area (Å²) in [7, 11) is 0. The van der Waals surface area contributed by atoms with Gasteiger partial charge in [0.05, 0.1) is 12.9 Å². The van der Waals surface area contributed by atoms with Crippen LogP contribution in [0.25, 0.3) is 0 Å². The van der Waals surface area contributed by atoms with Crippen molar-refractivity contribution in [2.75, 3.05) is 6.61 Å². The third-order valence-electron chi connectivity index (χ3n) is 1.95. The van der Waals surface area contributed by atoms with Crippen LogP contribution in [-0.2, 0) is 9.53 Å². The Morgan fingerprint density at radius 1 is 1.50 bits per heavy atom. The van der Waals surface area contributed by atoms with Gasteiger partial charge in [-0.25, -0.2) is 4.79 Å². The minimum absolute atomic E-state index is 0.000602. The maximum atomic E-state index is 11.7. The van der Waals surface area contributed by atoms with Crippen LogP contribution in [0.1, 0.15) is 26.5 Å². The third-order valence-corrected chi connectivity index (χ3v) is 2.46. The lowest BCUT2D eigenvalue weighted by Gasteiger charge is -2.02. The molecule has 0 spiro atoms. The van der Waals surface area contributed by atoms with E-state index in [0.29, 0.717) is 10.9 Å². The fourth-order valence-corrected chi connectivity index (χ4v) is 1.05. The first-order chi connectivity index (χ1) is 8.56. The van der Waals surface area contributed by atoms with Crippen molar-refractivity contribution < 1.29 is 13.9 Å². The predicted molar refractivity (Wildman–Crippen MR) is 70.0 cm³/mol. The second-order valence-corrected chi connectivity index (χ2v) is 4.11. The Hall–Kier alpha value is -1.62. The molecular formula is C12H15ClN2O3. The second-order valence-electron chi connectivity index (χ2n) is 3.72. The van der Waals surface area contributed by atoms with Crippen molar-refractivity contribution in [1.29, 1.82) is 0 Å². The highest BCUT2D eigenvalue weighted by atomic mass is 35.5. The van der Waals surface area contributed by atoms with E-state index >= 15 is 0 Å². The first kappa shape index (κ1) is 14.4. The molecule has 0 saturated heterocycles. The molecule has 1 aromatic heterocycles. The number of hydrogen-bond donors (Lipinski definition) is 0. The van der Waals surface area contributed by atoms with E-state index < -0.39 is 5.97 Å². The van der Waals surface area contributed by atoms with Crippen LogP contribution in [0, 0.1) is 5.92 Å². The Labute approximate surface area is 110 Å². The van der Waals surface area contributed by atoms with E-state index in [4.69, 9.17) is 20.8 Å². The minimum Gasteiger partial charge on any atom is -0.462 e. The average molecular weight is 271 g/mol. The molecule has 5 nitrogen and oxygen atoms in total. The molecule has 0 fully saturated rings. The van der Waals surface area contributed by atoms with Crippen LogP contribution in [0.15, 0.2) is 33.0 Å². The second kappa shape index (κ2) is 6.96. The van der Waals surface area contributed by atoms with Crippen molar-refractivity contribution in [2.24, 2.45) is 16.1 Å². The Morgan fingerprint density at radius 3 is 2.72 bits per heavy atom. The summed E-state index contributed by atoms with van der Waals surface area (Å²) in [5.41, 5.74) is 0.000602. The zero-order chi connectivity index (χ0) is 13.5. The van der Waals surface area contributed by atoms with Gasteiger partial charge in [-0.1, -0.05) is 25.4 Å². The highest BCUT2D eigenvalue weighted by molar-refractivity contribution is 6.65. The molecule has 0 bridgehead atoms. The van der Waals surface area contributed by atoms with E-state index in [1.807, 2.05) is 13.8 Å². The van der Waals surface area contributed by atoms with Crippen LogP contribution in [0.3, 0.4) is 0 Å². The molecule has 0 amide bonds. The maximum absolute atomic E-state index is 11.7. The van der Waals surface area contributed by atoms with Crippen LogP contribution >= 0.6 is 11.6 Å². The van der Waals surface area contributed by atoms with Crippen LogP contribution in [-0.4, -0.2) is 23.5 Å². The van der Waals surface area contributed by atoms with Gasteiger partial charge in [0.15, 0.2) is 5.76 Å². The molecule has 0 saturated carbocycles. The molecule has 1 aromatic rings. The average Bonchev–Trinajstić information content (AvgIpc) is 2.83. The summed E-state index contributed by atoms with van der Waals surface area (Å²) < 4.78 is 9.99. The van der Waals surface area contributed by atoms with Gasteiger partial charge < -0.3 is 9.15 Å². The topological polar surface area (TPSA) is 64.2 Å². The van der Waals surface area contributed by atoms with Crippen molar-refractivity contribution in [2.45, 2.75) is 20.8 Å². The summed E-state index contributed by atoms with van der Waals surface area (Å²) in [5, 5.41) is 7.91. The Balaban J connectivity index is 3.02. The summed E-state index contributed by atoms with van der Waals surface area (Å²) >= 11 is 5.86. The molecule has 0 aromatic carbocycles. The molecule has 0 aliphatic heterocycles. The molecule has 0 aliphatic rings. The molecule has 98 valence electrons. The molecule has 0 N–H and O–H groups in total. The van der Waals surface area contributed by atoms with E-state index in [1.54, 1.807) is 19.1 Å². The van der Waals surface area contributed by atoms with Crippen molar-refractivity contribution in [3.8, 4) is 0 Å². The molecule has 0 atom stereocenters. The van der Waals surface area contributed by atoms with Gasteiger partial charge in [0.25, 0.3) is 0 Å². The van der Waals surface area contributed by atoms with Crippen LogP contribution in [0.2, 0.25) is 0 Å². The minimum atomic E-state index is -0.593. The quantitative estimate of drug-likeness (QED) is 0.469. The molecule has 0 unspecified atom stereocenters. The standard InChI is InChI=1S/C12H15ClN2O3/c1-4-17-12(16)10(9-6-5-7-18-9)14-15-11(13)8(2)3/h5-8H,4H2,1-3H3. The van der Waals surface area contributed by atoms with E-state index in [9.17, 15) is 4.79 Å². The van der Waals surface area contributed by atoms with Gasteiger partial charge >= 0.3 is 5.97 Å². The van der Waals surface area contributed by atoms with E-state index in [-0.39, 0.29) is 18.2 Å². The maximum Gasteiger partial charge on any atom is 0.362 e. The SMILES string of the molecule is CCOC(=O)C(=NN=C(Cl)C(C)C)c1ccco1. The number of esters is 1. The van der Waals surface area contributed by atoms with Crippen molar-refractivity contribution in [3.05, 3.63) is 24.2 Å². The summed E-state index contributed by atoms with van der Waals surface area (Å²) in [4.78, 5) is 11.7. The molecule has 1 heterocycles. The van der Waals surface area contributed by atoms with Crippen molar-refractivity contribution >= 4 is 28.5 Å². The number of carbonyl (C=O) groups is 1. The van der Waals surface area contributed by atoms with E-state index in [2.05, 4.69) is 10.2 Å². The zero-order valence-corrected chi connectivity index (χ0v) is 11.3. The van der Waals surface area contributed by atoms with Crippen molar-refractivity contribution in [1.82, 2.24) is 0 Å². The van der Waals surface area contributed by atoms with Crippen LogP contribution in [0.5, 0.6) is 0 Å². The summed E-state index contributed by atoms with van der Waals surface area (Å²) in [6, 6.07) is 3.26. The number of rotatable bonds is 5. The fraction of sp³-hybridized carbons (Fsp3) is 0.417. The number of nitrogens with zero attached hydrogens (tertiary/aromatic N) is 2. The Kier molecular flexibility index (Phi) is 5.58. The molecule has 0 aliphatic carbocycles. The van der Waals surface area contributed by atoms with Gasteiger partial charge in [-0.2, -0.15) is 0 Å². The molecular weight excluding hydrogens is 256 g/mol. The highest BCUT2D eigenvalue weighted by Gasteiger charge is 2.18. The van der Waals surface area contributed by atoms with Gasteiger partial charge in [-0.3, -0.25) is 0 Å². The Morgan fingerprint density at radius 2 is 2.22 bits per heavy atom. The van der Waals surface area contributed by atoms with Gasteiger partial charge in [0.1, 0.15) is 5.17 Å². The lowest BCUT2D eigenvalue weighted by Crippen LogP contribution is -2.18. The molecule has 1 rings (SSSR count). The number of ether oxygens (including phenoxy) is 1. The number of halogens is 1.